The Morgan fingerprint density at radius 2 is 2.16 bits per heavy atom. The summed E-state index contributed by atoms with van der Waals surface area (Å²) in [5.74, 6) is 0.554. The van der Waals surface area contributed by atoms with Crippen LogP contribution in [0.2, 0.25) is 0 Å². The molecule has 0 atom stereocenters. The van der Waals surface area contributed by atoms with Crippen molar-refractivity contribution >= 4 is 21.9 Å². The molecule has 0 radical (unpaired) electrons. The van der Waals surface area contributed by atoms with Crippen molar-refractivity contribution in [1.82, 2.24) is 9.55 Å². The summed E-state index contributed by atoms with van der Waals surface area (Å²) in [5, 5.41) is 0. The van der Waals surface area contributed by atoms with Gasteiger partial charge in [-0.25, -0.2) is 4.98 Å². The molecule has 0 spiro atoms. The molecule has 0 N–H and O–H groups in total. The third-order valence-corrected chi connectivity index (χ3v) is 3.32. The van der Waals surface area contributed by atoms with E-state index in [0.29, 0.717) is 29.9 Å². The van der Waals surface area contributed by atoms with Gasteiger partial charge in [-0.1, -0.05) is 6.42 Å². The van der Waals surface area contributed by atoms with Crippen molar-refractivity contribution in [2.24, 2.45) is 0 Å². The predicted molar refractivity (Wildman–Crippen MR) is 76.0 cm³/mol. The van der Waals surface area contributed by atoms with E-state index in [4.69, 9.17) is 4.74 Å². The SMILES string of the molecule is CCOC(=O)CCCCCn1c(C)ncc(Br)c1=O. The minimum Gasteiger partial charge on any atom is -0.466 e. The van der Waals surface area contributed by atoms with E-state index in [-0.39, 0.29) is 11.5 Å². The number of unbranched alkanes of at least 4 members (excludes halogenated alkanes) is 2. The standard InChI is InChI=1S/C13H19BrN2O3/c1-3-19-12(17)7-5-4-6-8-16-10(2)15-9-11(14)13(16)18/h9H,3-8H2,1-2H3. The van der Waals surface area contributed by atoms with Crippen LogP contribution in [0.25, 0.3) is 0 Å². The van der Waals surface area contributed by atoms with Crippen molar-refractivity contribution in [3.63, 3.8) is 0 Å². The van der Waals surface area contributed by atoms with Gasteiger partial charge in [0, 0.05) is 19.2 Å². The summed E-state index contributed by atoms with van der Waals surface area (Å²) in [6.07, 6.45) is 4.48. The average Bonchev–Trinajstić information content (AvgIpc) is 2.38. The van der Waals surface area contributed by atoms with Crippen LogP contribution in [-0.2, 0) is 16.1 Å². The van der Waals surface area contributed by atoms with Crippen LogP contribution < -0.4 is 5.56 Å². The topological polar surface area (TPSA) is 61.2 Å². The fourth-order valence-electron chi connectivity index (χ4n) is 1.76. The average molecular weight is 331 g/mol. The third-order valence-electron chi connectivity index (χ3n) is 2.77. The second-order valence-corrected chi connectivity index (χ2v) is 5.08. The van der Waals surface area contributed by atoms with Gasteiger partial charge in [0.15, 0.2) is 0 Å². The second-order valence-electron chi connectivity index (χ2n) is 4.23. The zero-order valence-electron chi connectivity index (χ0n) is 11.3. The number of carbonyl (C=O) groups is 1. The van der Waals surface area contributed by atoms with Crippen LogP contribution in [0.4, 0.5) is 0 Å². The molecule has 1 heterocycles. The predicted octanol–water partition coefficient (Wildman–Crippen LogP) is 2.44. The summed E-state index contributed by atoms with van der Waals surface area (Å²) in [4.78, 5) is 27.1. The maximum atomic E-state index is 11.8. The summed E-state index contributed by atoms with van der Waals surface area (Å²) in [5.41, 5.74) is -0.0575. The molecule has 0 aliphatic rings. The molecular weight excluding hydrogens is 312 g/mol. The molecule has 0 bridgehead atoms. The number of hydrogen-bond acceptors (Lipinski definition) is 4. The molecule has 0 amide bonds. The molecule has 1 rings (SSSR count). The first-order valence-corrected chi connectivity index (χ1v) is 7.23. The monoisotopic (exact) mass is 330 g/mol. The maximum absolute atomic E-state index is 11.8. The van der Waals surface area contributed by atoms with Crippen LogP contribution in [0.5, 0.6) is 0 Å². The molecule has 106 valence electrons. The smallest absolute Gasteiger partial charge is 0.305 e. The zero-order valence-corrected chi connectivity index (χ0v) is 12.9. The fourth-order valence-corrected chi connectivity index (χ4v) is 2.08. The number of aromatic nitrogens is 2. The highest BCUT2D eigenvalue weighted by molar-refractivity contribution is 9.10. The van der Waals surface area contributed by atoms with Gasteiger partial charge in [-0.2, -0.15) is 0 Å². The summed E-state index contributed by atoms with van der Waals surface area (Å²) in [7, 11) is 0. The molecular formula is C13H19BrN2O3. The summed E-state index contributed by atoms with van der Waals surface area (Å²) < 4.78 is 6.97. The number of hydrogen-bond donors (Lipinski definition) is 0. The van der Waals surface area contributed by atoms with E-state index in [0.717, 1.165) is 19.3 Å². The third kappa shape index (κ3) is 5.14. The van der Waals surface area contributed by atoms with Gasteiger partial charge in [0.1, 0.15) is 10.3 Å². The molecule has 0 saturated carbocycles. The van der Waals surface area contributed by atoms with Crippen LogP contribution in [0.1, 0.15) is 38.4 Å². The van der Waals surface area contributed by atoms with Gasteiger partial charge in [0.05, 0.1) is 6.61 Å². The van der Waals surface area contributed by atoms with E-state index in [9.17, 15) is 9.59 Å². The lowest BCUT2D eigenvalue weighted by atomic mass is 10.2. The van der Waals surface area contributed by atoms with Crippen LogP contribution in [0.15, 0.2) is 15.5 Å². The van der Waals surface area contributed by atoms with Crippen LogP contribution in [-0.4, -0.2) is 22.1 Å². The van der Waals surface area contributed by atoms with Crippen molar-refractivity contribution in [1.29, 1.82) is 0 Å². The molecule has 1 aromatic heterocycles. The molecule has 0 unspecified atom stereocenters. The second kappa shape index (κ2) is 8.09. The van der Waals surface area contributed by atoms with Crippen molar-refractivity contribution in [2.45, 2.75) is 46.1 Å². The lowest BCUT2D eigenvalue weighted by Crippen LogP contribution is -2.24. The molecule has 0 aromatic carbocycles. The van der Waals surface area contributed by atoms with E-state index in [1.807, 2.05) is 6.92 Å². The van der Waals surface area contributed by atoms with E-state index < -0.39 is 0 Å². The van der Waals surface area contributed by atoms with Crippen molar-refractivity contribution in [2.75, 3.05) is 6.61 Å². The number of rotatable bonds is 7. The lowest BCUT2D eigenvalue weighted by Gasteiger charge is -2.09. The lowest BCUT2D eigenvalue weighted by molar-refractivity contribution is -0.143. The molecule has 5 nitrogen and oxygen atoms in total. The van der Waals surface area contributed by atoms with Gasteiger partial charge in [-0.05, 0) is 42.6 Å². The quantitative estimate of drug-likeness (QED) is 0.569. The number of nitrogens with zero attached hydrogens (tertiary/aromatic N) is 2. The summed E-state index contributed by atoms with van der Waals surface area (Å²) in [6.45, 7) is 4.66. The summed E-state index contributed by atoms with van der Waals surface area (Å²) >= 11 is 3.18. The van der Waals surface area contributed by atoms with E-state index in [1.165, 1.54) is 6.20 Å². The number of halogens is 1. The molecule has 0 saturated heterocycles. The van der Waals surface area contributed by atoms with Gasteiger partial charge >= 0.3 is 5.97 Å². The first-order valence-electron chi connectivity index (χ1n) is 6.43. The van der Waals surface area contributed by atoms with Crippen molar-refractivity contribution < 1.29 is 9.53 Å². The highest BCUT2D eigenvalue weighted by Crippen LogP contribution is 2.06. The Bertz CT molecular complexity index is 485. The van der Waals surface area contributed by atoms with Gasteiger partial charge < -0.3 is 4.74 Å². The molecule has 19 heavy (non-hydrogen) atoms. The van der Waals surface area contributed by atoms with Crippen LogP contribution in [0, 0.1) is 6.92 Å². The number of ether oxygens (including phenoxy) is 1. The molecule has 6 heteroatoms. The van der Waals surface area contributed by atoms with Crippen LogP contribution in [0.3, 0.4) is 0 Å². The van der Waals surface area contributed by atoms with Gasteiger partial charge in [0.2, 0.25) is 0 Å². The molecule has 0 fully saturated rings. The fraction of sp³-hybridized carbons (Fsp3) is 0.615. The molecule has 0 aliphatic heterocycles. The van der Waals surface area contributed by atoms with Gasteiger partial charge in [0.25, 0.3) is 5.56 Å². The Labute approximate surface area is 121 Å². The minimum absolute atomic E-state index is 0.0575. The van der Waals surface area contributed by atoms with Gasteiger partial charge in [-0.15, -0.1) is 0 Å². The van der Waals surface area contributed by atoms with E-state index in [1.54, 1.807) is 11.5 Å². The Balaban J connectivity index is 2.36. The highest BCUT2D eigenvalue weighted by atomic mass is 79.9. The van der Waals surface area contributed by atoms with E-state index >= 15 is 0 Å². The highest BCUT2D eigenvalue weighted by Gasteiger charge is 2.05. The Morgan fingerprint density at radius 1 is 1.42 bits per heavy atom. The number of esters is 1. The van der Waals surface area contributed by atoms with Crippen molar-refractivity contribution in [3.05, 3.63) is 26.8 Å². The molecule has 0 aliphatic carbocycles. The first-order chi connectivity index (χ1) is 9.06. The minimum atomic E-state index is -0.153. The van der Waals surface area contributed by atoms with E-state index in [2.05, 4.69) is 20.9 Å². The largest absolute Gasteiger partial charge is 0.466 e. The Morgan fingerprint density at radius 3 is 2.84 bits per heavy atom. The zero-order chi connectivity index (χ0) is 14.3. The van der Waals surface area contributed by atoms with Gasteiger partial charge in [-0.3, -0.25) is 14.2 Å². The van der Waals surface area contributed by atoms with Crippen molar-refractivity contribution in [3.8, 4) is 0 Å². The maximum Gasteiger partial charge on any atom is 0.305 e. The Hall–Kier alpha value is -1.17. The van der Waals surface area contributed by atoms with Crippen LogP contribution >= 0.6 is 15.9 Å². The molecule has 1 aromatic rings. The summed E-state index contributed by atoms with van der Waals surface area (Å²) in [6, 6.07) is 0. The number of aryl methyl sites for hydroxylation is 1. The Kier molecular flexibility index (Phi) is 6.77. The normalized spacial score (nSPS) is 10.5. The first kappa shape index (κ1) is 15.9. The number of carbonyl (C=O) groups excluding carboxylic acids is 1.